The molecule has 2 aliphatic heterocycles. The number of hydrogen-bond acceptors (Lipinski definition) is 1. The van der Waals surface area contributed by atoms with Crippen molar-refractivity contribution in [2.45, 2.75) is 31.8 Å². The number of quaternary nitrogens is 1. The molecule has 1 unspecified atom stereocenters. The maximum atomic E-state index is 9.43. The van der Waals surface area contributed by atoms with Crippen LogP contribution in [0.3, 0.4) is 0 Å². The molecule has 0 aliphatic carbocycles. The average Bonchev–Trinajstić information content (AvgIpc) is 2.34. The normalized spacial score (nSPS) is 33.2. The largest absolute Gasteiger partial charge is 1.00 e. The van der Waals surface area contributed by atoms with E-state index in [4.69, 9.17) is 0 Å². The van der Waals surface area contributed by atoms with Gasteiger partial charge in [0.2, 0.25) is 0 Å². The third-order valence-corrected chi connectivity index (χ3v) is 3.30. The van der Waals surface area contributed by atoms with Crippen molar-refractivity contribution in [3.8, 4) is 0 Å². The molecule has 3 heteroatoms. The third-order valence-electron chi connectivity index (χ3n) is 3.30. The molecule has 2 aliphatic rings. The zero-order chi connectivity index (χ0) is 7.73. The van der Waals surface area contributed by atoms with Gasteiger partial charge in [-0.3, -0.25) is 0 Å². The predicted octanol–water partition coefficient (Wildman–Crippen LogP) is -2.24. The summed E-state index contributed by atoms with van der Waals surface area (Å²) in [7, 11) is 0. The van der Waals surface area contributed by atoms with Gasteiger partial charge in [0.05, 0.1) is 19.6 Å². The molecule has 0 aromatic heterocycles. The topological polar surface area (TPSA) is 20.2 Å². The molecule has 1 N–H and O–H groups in total. The smallest absolute Gasteiger partial charge is 0.108 e. The van der Waals surface area contributed by atoms with Crippen molar-refractivity contribution in [3.63, 3.8) is 0 Å². The van der Waals surface area contributed by atoms with Crippen LogP contribution in [0.2, 0.25) is 0 Å². The maximum Gasteiger partial charge on any atom is 0.108 e. The van der Waals surface area contributed by atoms with Crippen LogP contribution in [-0.4, -0.2) is 41.9 Å². The van der Waals surface area contributed by atoms with E-state index in [2.05, 4.69) is 0 Å². The van der Waals surface area contributed by atoms with E-state index in [1.165, 1.54) is 43.4 Å². The fourth-order valence-electron chi connectivity index (χ4n) is 2.64. The lowest BCUT2D eigenvalue weighted by atomic mass is 10.1. The zero-order valence-corrected chi connectivity index (χ0v) is 7.51. The summed E-state index contributed by atoms with van der Waals surface area (Å²) in [5.74, 6) is 0. The molecule has 72 valence electrons. The third kappa shape index (κ3) is 1.77. The second-order valence-electron chi connectivity index (χ2n) is 4.20. The van der Waals surface area contributed by atoms with Crippen molar-refractivity contribution in [2.75, 3.05) is 26.2 Å². The second kappa shape index (κ2) is 3.71. The van der Waals surface area contributed by atoms with Crippen molar-refractivity contribution < 1.29 is 14.3 Å². The highest BCUT2D eigenvalue weighted by molar-refractivity contribution is 4.67. The van der Waals surface area contributed by atoms with E-state index in [1.54, 1.807) is 0 Å². The van der Waals surface area contributed by atoms with Crippen LogP contribution in [-0.2, 0) is 0 Å². The van der Waals surface area contributed by atoms with Crippen LogP contribution < -0.4 is 4.70 Å². The minimum Gasteiger partial charge on any atom is -1.00 e. The highest BCUT2D eigenvalue weighted by Crippen LogP contribution is 2.25. The number of piperidine rings is 1. The number of aliphatic hydroxyl groups is 1. The van der Waals surface area contributed by atoms with Gasteiger partial charge in [0, 0.05) is 6.42 Å². The van der Waals surface area contributed by atoms with Gasteiger partial charge >= 0.3 is 0 Å². The van der Waals surface area contributed by atoms with Crippen molar-refractivity contribution in [2.24, 2.45) is 0 Å². The Morgan fingerprint density at radius 3 is 2.17 bits per heavy atom. The van der Waals surface area contributed by atoms with E-state index in [-0.39, 0.29) is 10.8 Å². The molecule has 0 amide bonds. The number of nitrogens with zero attached hydrogens (tertiary/aromatic N) is 1. The Kier molecular flexibility index (Phi) is 3.07. The summed E-state index contributed by atoms with van der Waals surface area (Å²) >= 11 is 0. The first-order valence-electron chi connectivity index (χ1n) is 4.84. The molecule has 2 rings (SSSR count). The van der Waals surface area contributed by atoms with Crippen LogP contribution in [0.25, 0.3) is 0 Å². The van der Waals surface area contributed by atoms with Gasteiger partial charge in [-0.25, -0.2) is 0 Å². The minimum absolute atomic E-state index is 0. The lowest BCUT2D eigenvalue weighted by Crippen LogP contribution is -3.00. The second-order valence-corrected chi connectivity index (χ2v) is 4.20. The van der Waals surface area contributed by atoms with E-state index in [0.29, 0.717) is 0 Å². The molecule has 1 atom stereocenters. The molecule has 12 heavy (non-hydrogen) atoms. The standard InChI is InChI=1S/C9H18NO.FH/c11-9-4-7-10(8-9)5-2-1-3-6-10;/h9,11H,1-8H2;1H/q+1;/p-1. The van der Waals surface area contributed by atoms with Crippen molar-refractivity contribution >= 4 is 0 Å². The first kappa shape index (κ1) is 9.93. The van der Waals surface area contributed by atoms with Crippen molar-refractivity contribution in [3.05, 3.63) is 0 Å². The number of hydrogen-bond donors (Lipinski definition) is 1. The molecule has 2 heterocycles. The summed E-state index contributed by atoms with van der Waals surface area (Å²) in [6.45, 7) is 4.94. The molecule has 0 radical (unpaired) electrons. The van der Waals surface area contributed by atoms with Gasteiger partial charge in [0.25, 0.3) is 0 Å². The van der Waals surface area contributed by atoms with E-state index >= 15 is 0 Å². The zero-order valence-electron chi connectivity index (χ0n) is 7.51. The summed E-state index contributed by atoms with van der Waals surface area (Å²) < 4.78 is 1.24. The SMILES string of the molecule is OC1CC[N+]2(CCCCC2)C1.[F-]. The lowest BCUT2D eigenvalue weighted by Gasteiger charge is -2.37. The Morgan fingerprint density at radius 1 is 1.00 bits per heavy atom. The molecule has 2 saturated heterocycles. The van der Waals surface area contributed by atoms with Gasteiger partial charge < -0.3 is 14.3 Å². The average molecular weight is 175 g/mol. The summed E-state index contributed by atoms with van der Waals surface area (Å²) in [6, 6.07) is 0. The monoisotopic (exact) mass is 175 g/mol. The van der Waals surface area contributed by atoms with Gasteiger partial charge in [0.1, 0.15) is 12.6 Å². The molecule has 0 saturated carbocycles. The fraction of sp³-hybridized carbons (Fsp3) is 1.00. The molecule has 2 fully saturated rings. The van der Waals surface area contributed by atoms with Crippen LogP contribution in [0.5, 0.6) is 0 Å². The van der Waals surface area contributed by atoms with Gasteiger partial charge in [-0.1, -0.05) is 0 Å². The van der Waals surface area contributed by atoms with Crippen LogP contribution >= 0.6 is 0 Å². The van der Waals surface area contributed by atoms with E-state index in [1.807, 2.05) is 0 Å². The van der Waals surface area contributed by atoms with Crippen LogP contribution in [0.15, 0.2) is 0 Å². The van der Waals surface area contributed by atoms with Gasteiger partial charge in [0.15, 0.2) is 0 Å². The predicted molar refractivity (Wildman–Crippen MR) is 44.2 cm³/mol. The van der Waals surface area contributed by atoms with Gasteiger partial charge in [-0.2, -0.15) is 0 Å². The Labute approximate surface area is 73.1 Å². The summed E-state index contributed by atoms with van der Waals surface area (Å²) in [5.41, 5.74) is 0. The van der Waals surface area contributed by atoms with Gasteiger partial charge in [-0.05, 0) is 19.3 Å². The fourth-order valence-corrected chi connectivity index (χ4v) is 2.64. The molecule has 1 spiro atoms. The molecular weight excluding hydrogens is 157 g/mol. The molecular formula is C9H18FNO. The Hall–Kier alpha value is -0.150. The summed E-state index contributed by atoms with van der Waals surface area (Å²) in [6.07, 6.45) is 5.23. The summed E-state index contributed by atoms with van der Waals surface area (Å²) in [5, 5.41) is 9.43. The Morgan fingerprint density at radius 2 is 1.67 bits per heavy atom. The van der Waals surface area contributed by atoms with Crippen LogP contribution in [0.4, 0.5) is 0 Å². The number of aliphatic hydroxyl groups excluding tert-OH is 1. The first-order chi connectivity index (χ1) is 5.31. The lowest BCUT2D eigenvalue weighted by molar-refractivity contribution is -0.922. The molecule has 0 bridgehead atoms. The number of halogens is 1. The van der Waals surface area contributed by atoms with Gasteiger partial charge in [-0.15, -0.1) is 0 Å². The quantitative estimate of drug-likeness (QED) is 0.413. The van der Waals surface area contributed by atoms with Crippen molar-refractivity contribution in [1.82, 2.24) is 0 Å². The van der Waals surface area contributed by atoms with E-state index < -0.39 is 0 Å². The molecule has 0 aromatic rings. The van der Waals surface area contributed by atoms with Crippen LogP contribution in [0, 0.1) is 0 Å². The highest BCUT2D eigenvalue weighted by Gasteiger charge is 2.37. The highest BCUT2D eigenvalue weighted by atomic mass is 19.0. The number of rotatable bonds is 0. The Bertz CT molecular complexity index is 140. The summed E-state index contributed by atoms with van der Waals surface area (Å²) in [4.78, 5) is 0. The molecule has 0 aromatic carbocycles. The van der Waals surface area contributed by atoms with E-state index in [0.717, 1.165) is 13.0 Å². The minimum atomic E-state index is 0. The van der Waals surface area contributed by atoms with Crippen molar-refractivity contribution in [1.29, 1.82) is 0 Å². The first-order valence-corrected chi connectivity index (χ1v) is 4.84. The Balaban J connectivity index is 0.000000720. The maximum absolute atomic E-state index is 9.43. The van der Waals surface area contributed by atoms with Crippen LogP contribution in [0.1, 0.15) is 25.7 Å². The van der Waals surface area contributed by atoms with E-state index in [9.17, 15) is 5.11 Å². The molecule has 2 nitrogen and oxygen atoms in total.